The van der Waals surface area contributed by atoms with Crippen LogP contribution in [0.5, 0.6) is 5.75 Å². The van der Waals surface area contributed by atoms with E-state index in [1.165, 1.54) is 30.7 Å². The van der Waals surface area contributed by atoms with E-state index in [0.717, 1.165) is 24.8 Å². The first kappa shape index (κ1) is 18.0. The van der Waals surface area contributed by atoms with Crippen LogP contribution in [0.25, 0.3) is 0 Å². The van der Waals surface area contributed by atoms with E-state index in [0.29, 0.717) is 6.54 Å². The van der Waals surface area contributed by atoms with Crippen LogP contribution in [0.4, 0.5) is 0 Å². The van der Waals surface area contributed by atoms with Gasteiger partial charge in [0.15, 0.2) is 5.76 Å². The minimum Gasteiger partial charge on any atom is -0.482 e. The number of carbonyl (C=O) groups is 1. The van der Waals surface area contributed by atoms with Crippen LogP contribution in [0, 0.1) is 0 Å². The number of benzene rings is 1. The number of hydrogen-bond acceptors (Lipinski definition) is 4. The summed E-state index contributed by atoms with van der Waals surface area (Å²) in [7, 11) is 0. The Morgan fingerprint density at radius 3 is 2.77 bits per heavy atom. The Labute approximate surface area is 152 Å². The second-order valence-electron chi connectivity index (χ2n) is 6.36. The maximum Gasteiger partial charge on any atom is 0.287 e. The molecule has 1 aliphatic carbocycles. The average Bonchev–Trinajstić information content (AvgIpc) is 2.68. The molecule has 0 spiro atoms. The molecular weight excluding hydrogens is 330 g/mol. The Balaban J connectivity index is 1.52. The molecule has 5 nitrogen and oxygen atoms in total. The van der Waals surface area contributed by atoms with E-state index >= 15 is 0 Å². The van der Waals surface area contributed by atoms with Gasteiger partial charge in [-0.3, -0.25) is 9.59 Å². The summed E-state index contributed by atoms with van der Waals surface area (Å²) in [6.07, 6.45) is 9.01. The Morgan fingerprint density at radius 1 is 1.19 bits per heavy atom. The molecule has 1 aromatic carbocycles. The Morgan fingerprint density at radius 2 is 2.04 bits per heavy atom. The molecule has 136 valence electrons. The first-order chi connectivity index (χ1) is 12.7. The largest absolute Gasteiger partial charge is 0.482 e. The third kappa shape index (κ3) is 5.09. The molecule has 1 aromatic heterocycles. The van der Waals surface area contributed by atoms with E-state index in [1.807, 2.05) is 30.3 Å². The number of allylic oxidation sites excluding steroid dienone is 1. The fraction of sp³-hybridized carbons (Fsp3) is 0.333. The van der Waals surface area contributed by atoms with Crippen molar-refractivity contribution in [2.75, 3.05) is 6.54 Å². The normalized spacial score (nSPS) is 13.8. The predicted molar refractivity (Wildman–Crippen MR) is 99.3 cm³/mol. The summed E-state index contributed by atoms with van der Waals surface area (Å²) < 4.78 is 10.8. The van der Waals surface area contributed by atoms with Gasteiger partial charge in [-0.15, -0.1) is 0 Å². The Bertz CT molecular complexity index is 823. The molecule has 0 fully saturated rings. The summed E-state index contributed by atoms with van der Waals surface area (Å²) >= 11 is 0. The van der Waals surface area contributed by atoms with E-state index in [-0.39, 0.29) is 29.5 Å². The molecule has 0 saturated heterocycles. The van der Waals surface area contributed by atoms with Crippen molar-refractivity contribution >= 4 is 5.91 Å². The fourth-order valence-electron chi connectivity index (χ4n) is 2.91. The molecule has 26 heavy (non-hydrogen) atoms. The smallest absolute Gasteiger partial charge is 0.287 e. The Kier molecular flexibility index (Phi) is 6.25. The van der Waals surface area contributed by atoms with Gasteiger partial charge in [0.25, 0.3) is 5.91 Å². The van der Waals surface area contributed by atoms with Crippen LogP contribution in [-0.4, -0.2) is 12.5 Å². The highest BCUT2D eigenvalue weighted by atomic mass is 16.5. The first-order valence-electron chi connectivity index (χ1n) is 8.98. The molecule has 0 aliphatic heterocycles. The van der Waals surface area contributed by atoms with E-state index in [1.54, 1.807) is 0 Å². The number of rotatable bonds is 7. The Hall–Kier alpha value is -2.82. The zero-order valence-electron chi connectivity index (χ0n) is 14.7. The lowest BCUT2D eigenvalue weighted by Crippen LogP contribution is -2.26. The molecule has 1 N–H and O–H groups in total. The summed E-state index contributed by atoms with van der Waals surface area (Å²) in [5.74, 6) is -0.287. The summed E-state index contributed by atoms with van der Waals surface area (Å²) in [6.45, 7) is 0.812. The van der Waals surface area contributed by atoms with Crippen LogP contribution in [0.1, 0.15) is 48.2 Å². The summed E-state index contributed by atoms with van der Waals surface area (Å²) in [5, 5.41) is 2.80. The molecule has 1 aliphatic rings. The molecule has 0 bridgehead atoms. The van der Waals surface area contributed by atoms with Gasteiger partial charge in [-0.25, -0.2) is 0 Å². The summed E-state index contributed by atoms with van der Waals surface area (Å²) in [6, 6.07) is 10.7. The van der Waals surface area contributed by atoms with Gasteiger partial charge in [-0.05, 0) is 37.7 Å². The minimum atomic E-state index is -0.381. The molecule has 1 amide bonds. The molecule has 1 heterocycles. The van der Waals surface area contributed by atoms with Gasteiger partial charge < -0.3 is 14.5 Å². The quantitative estimate of drug-likeness (QED) is 0.768. The van der Waals surface area contributed by atoms with E-state index < -0.39 is 0 Å². The highest BCUT2D eigenvalue weighted by Crippen LogP contribution is 2.19. The van der Waals surface area contributed by atoms with E-state index in [9.17, 15) is 9.59 Å². The van der Waals surface area contributed by atoms with Crippen LogP contribution in [-0.2, 0) is 6.61 Å². The van der Waals surface area contributed by atoms with Gasteiger partial charge in [0.05, 0.1) is 0 Å². The number of hydrogen-bond donors (Lipinski definition) is 1. The monoisotopic (exact) mass is 353 g/mol. The molecule has 2 aromatic rings. The lowest BCUT2D eigenvalue weighted by molar-refractivity contribution is 0.0923. The zero-order valence-corrected chi connectivity index (χ0v) is 14.7. The number of nitrogens with one attached hydrogen (secondary N) is 1. The maximum absolute atomic E-state index is 12.1. The van der Waals surface area contributed by atoms with Gasteiger partial charge >= 0.3 is 0 Å². The average molecular weight is 353 g/mol. The number of ether oxygens (including phenoxy) is 1. The van der Waals surface area contributed by atoms with Crippen molar-refractivity contribution < 1.29 is 13.9 Å². The third-order valence-electron chi connectivity index (χ3n) is 4.38. The van der Waals surface area contributed by atoms with E-state index in [4.69, 9.17) is 9.15 Å². The molecule has 0 saturated carbocycles. The van der Waals surface area contributed by atoms with Gasteiger partial charge in [0.2, 0.25) is 11.2 Å². The highest BCUT2D eigenvalue weighted by molar-refractivity contribution is 5.91. The van der Waals surface area contributed by atoms with Crippen molar-refractivity contribution in [2.24, 2.45) is 0 Å². The summed E-state index contributed by atoms with van der Waals surface area (Å²) in [4.78, 5) is 24.2. The standard InChI is InChI=1S/C21H23NO4/c23-18-13-19(21(24)22-12-11-16-7-3-1-4-8-16)26-15-20(18)25-14-17-9-5-2-6-10-17/h2,5-7,9-10,13,15H,1,3-4,8,11-12,14H2,(H,22,24). The third-order valence-corrected chi connectivity index (χ3v) is 4.38. The van der Waals surface area contributed by atoms with Crippen molar-refractivity contribution in [3.8, 4) is 5.75 Å². The van der Waals surface area contributed by atoms with Crippen molar-refractivity contribution in [3.63, 3.8) is 0 Å². The van der Waals surface area contributed by atoms with Crippen molar-refractivity contribution in [2.45, 2.75) is 38.7 Å². The molecule has 0 unspecified atom stereocenters. The van der Waals surface area contributed by atoms with Crippen LogP contribution in [0.15, 0.2) is 63.5 Å². The lowest BCUT2D eigenvalue weighted by Gasteiger charge is -2.12. The molecule has 5 heteroatoms. The highest BCUT2D eigenvalue weighted by Gasteiger charge is 2.12. The minimum absolute atomic E-state index is 0.000292. The molecular formula is C21H23NO4. The van der Waals surface area contributed by atoms with Gasteiger partial charge in [-0.2, -0.15) is 0 Å². The van der Waals surface area contributed by atoms with Crippen molar-refractivity contribution in [1.29, 1.82) is 0 Å². The van der Waals surface area contributed by atoms with Crippen LogP contribution in [0.2, 0.25) is 0 Å². The fourth-order valence-corrected chi connectivity index (χ4v) is 2.91. The van der Waals surface area contributed by atoms with Gasteiger partial charge in [-0.1, -0.05) is 42.0 Å². The van der Waals surface area contributed by atoms with Crippen LogP contribution < -0.4 is 15.5 Å². The topological polar surface area (TPSA) is 68.5 Å². The number of amides is 1. The van der Waals surface area contributed by atoms with Gasteiger partial charge in [0, 0.05) is 12.6 Å². The van der Waals surface area contributed by atoms with Crippen LogP contribution >= 0.6 is 0 Å². The second-order valence-corrected chi connectivity index (χ2v) is 6.36. The molecule has 0 atom stereocenters. The van der Waals surface area contributed by atoms with Crippen LogP contribution in [0.3, 0.4) is 0 Å². The SMILES string of the molecule is O=C(NCCC1=CCCCC1)c1cc(=O)c(OCc2ccccc2)co1. The molecule has 0 radical (unpaired) electrons. The van der Waals surface area contributed by atoms with E-state index in [2.05, 4.69) is 11.4 Å². The van der Waals surface area contributed by atoms with Crippen molar-refractivity contribution in [3.05, 3.63) is 75.9 Å². The predicted octanol–water partition coefficient (Wildman–Crippen LogP) is 3.84. The maximum atomic E-state index is 12.1. The van der Waals surface area contributed by atoms with Gasteiger partial charge in [0.1, 0.15) is 12.9 Å². The van der Waals surface area contributed by atoms with Crippen molar-refractivity contribution in [1.82, 2.24) is 5.32 Å². The molecule has 3 rings (SSSR count). The number of carbonyl (C=O) groups excluding carboxylic acids is 1. The first-order valence-corrected chi connectivity index (χ1v) is 8.98. The summed E-state index contributed by atoms with van der Waals surface area (Å²) in [5.41, 5.74) is 1.97. The zero-order chi connectivity index (χ0) is 18.2. The lowest BCUT2D eigenvalue weighted by atomic mass is 9.97. The second kappa shape index (κ2) is 9.04.